The molecular formula is C42H52FN3O5. The maximum Gasteiger partial charge on any atom is 0.339 e. The van der Waals surface area contributed by atoms with E-state index in [0.29, 0.717) is 31.0 Å². The second-order valence-corrected chi connectivity index (χ2v) is 15.4. The van der Waals surface area contributed by atoms with E-state index in [-0.39, 0.29) is 17.5 Å². The highest BCUT2D eigenvalue weighted by atomic mass is 19.1. The van der Waals surface area contributed by atoms with E-state index in [1.54, 1.807) is 6.07 Å². The van der Waals surface area contributed by atoms with Gasteiger partial charge in [-0.05, 0) is 122 Å². The molecule has 7 rings (SSSR count). The number of benzene rings is 2. The van der Waals surface area contributed by atoms with Crippen LogP contribution in [0.3, 0.4) is 0 Å². The van der Waals surface area contributed by atoms with E-state index < -0.39 is 17.7 Å². The first kappa shape index (κ1) is 36.6. The van der Waals surface area contributed by atoms with Gasteiger partial charge in [-0.2, -0.15) is 0 Å². The van der Waals surface area contributed by atoms with Crippen LogP contribution in [0.5, 0.6) is 5.75 Å². The van der Waals surface area contributed by atoms with Crippen molar-refractivity contribution in [2.75, 3.05) is 31.7 Å². The number of aromatic nitrogens is 2. The van der Waals surface area contributed by atoms with Gasteiger partial charge in [0.2, 0.25) is 0 Å². The van der Waals surface area contributed by atoms with E-state index in [4.69, 9.17) is 23.9 Å². The van der Waals surface area contributed by atoms with Crippen LogP contribution in [0, 0.1) is 12.7 Å². The molecule has 0 saturated carbocycles. The summed E-state index contributed by atoms with van der Waals surface area (Å²) in [5, 5.41) is 0. The Bertz CT molecular complexity index is 1930. The van der Waals surface area contributed by atoms with Gasteiger partial charge in [0.1, 0.15) is 23.0 Å². The minimum Gasteiger partial charge on any atom is -0.490 e. The van der Waals surface area contributed by atoms with Crippen molar-refractivity contribution < 1.29 is 28.1 Å². The van der Waals surface area contributed by atoms with Crippen LogP contribution in [-0.4, -0.2) is 59.5 Å². The number of nitrogens with zero attached hydrogens (tertiary/aromatic N) is 3. The lowest BCUT2D eigenvalue weighted by Gasteiger charge is -2.42. The molecule has 2 atom stereocenters. The van der Waals surface area contributed by atoms with Crippen LogP contribution in [0.4, 0.5) is 10.2 Å². The van der Waals surface area contributed by atoms with Gasteiger partial charge in [0, 0.05) is 48.1 Å². The minimum absolute atomic E-state index is 0.0484. The second-order valence-electron chi connectivity index (χ2n) is 15.4. The highest BCUT2D eigenvalue weighted by Gasteiger charge is 2.39. The number of carbonyl (C=O) groups excluding carboxylic acids is 1. The van der Waals surface area contributed by atoms with E-state index in [0.717, 1.165) is 82.7 Å². The lowest BCUT2D eigenvalue weighted by molar-refractivity contribution is -0.164. The molecule has 51 heavy (non-hydrogen) atoms. The third-order valence-corrected chi connectivity index (χ3v) is 10.1. The van der Waals surface area contributed by atoms with Crippen LogP contribution in [0.25, 0.3) is 33.6 Å². The Morgan fingerprint density at radius 3 is 2.53 bits per heavy atom. The summed E-state index contributed by atoms with van der Waals surface area (Å²) in [4.78, 5) is 21.3. The number of pyridine rings is 1. The Kier molecular flexibility index (Phi) is 10.3. The van der Waals surface area contributed by atoms with Gasteiger partial charge in [0.15, 0.2) is 6.10 Å². The summed E-state index contributed by atoms with van der Waals surface area (Å²) in [5.74, 6) is 0.680. The number of ether oxygens (including phenoxy) is 4. The summed E-state index contributed by atoms with van der Waals surface area (Å²) >= 11 is 0. The molecule has 9 heteroatoms. The summed E-state index contributed by atoms with van der Waals surface area (Å²) in [6, 6.07) is 12.7. The molecule has 8 nitrogen and oxygen atoms in total. The van der Waals surface area contributed by atoms with Crippen molar-refractivity contribution >= 4 is 23.0 Å². The third-order valence-electron chi connectivity index (χ3n) is 10.1. The molecule has 0 N–H and O–H groups in total. The van der Waals surface area contributed by atoms with Crippen molar-refractivity contribution in [1.82, 2.24) is 9.38 Å². The van der Waals surface area contributed by atoms with Crippen LogP contribution in [0.2, 0.25) is 0 Å². The van der Waals surface area contributed by atoms with E-state index in [1.807, 2.05) is 65.1 Å². The van der Waals surface area contributed by atoms with Crippen LogP contribution in [-0.2, 0) is 19.0 Å². The van der Waals surface area contributed by atoms with Crippen molar-refractivity contribution in [1.29, 1.82) is 0 Å². The lowest BCUT2D eigenvalue weighted by Crippen LogP contribution is -2.45. The standard InChI is InChI=1S/C42H52FN3O5/c1-26(2)35-28(4)36(37(40(47)48-9)51-41(5,6)7)39-45-20-18-42(8,19-21-45)49-22-11-10-13-27(3)50-34-17-16-31(43)24-32(34)29-14-12-15-30(23-29)33-25-46(39)38(35)44-33/h12,14-17,23-25,27,37H,1,10-11,13,18-22H2,2-9H3/t27-,37-/m0/s1. The third kappa shape index (κ3) is 7.70. The monoisotopic (exact) mass is 697 g/mol. The fraction of sp³-hybridized carbons (Fsp3) is 0.476. The average molecular weight is 698 g/mol. The van der Waals surface area contributed by atoms with Gasteiger partial charge < -0.3 is 23.8 Å². The summed E-state index contributed by atoms with van der Waals surface area (Å²) in [6.45, 7) is 20.5. The highest BCUT2D eigenvalue weighted by Crippen LogP contribution is 2.43. The maximum atomic E-state index is 14.8. The zero-order chi connectivity index (χ0) is 36.7. The Morgan fingerprint density at radius 1 is 1.12 bits per heavy atom. The molecule has 3 aliphatic heterocycles. The van der Waals surface area contributed by atoms with Gasteiger partial charge in [0.25, 0.3) is 0 Å². The topological polar surface area (TPSA) is 74.5 Å². The maximum absolute atomic E-state index is 14.8. The molecule has 3 aliphatic rings. The van der Waals surface area contributed by atoms with Gasteiger partial charge >= 0.3 is 5.97 Å². The first-order valence-electron chi connectivity index (χ1n) is 18.1. The van der Waals surface area contributed by atoms with E-state index >= 15 is 0 Å². The Balaban J connectivity index is 1.62. The number of fused-ring (bicyclic) bond motifs is 8. The molecule has 2 aromatic carbocycles. The second kappa shape index (κ2) is 14.4. The molecule has 4 aromatic rings. The Hall–Kier alpha value is -4.21. The van der Waals surface area contributed by atoms with E-state index in [1.165, 1.54) is 19.2 Å². The molecule has 6 bridgehead atoms. The smallest absolute Gasteiger partial charge is 0.339 e. The van der Waals surface area contributed by atoms with E-state index in [2.05, 4.69) is 29.7 Å². The van der Waals surface area contributed by atoms with Gasteiger partial charge in [0.05, 0.1) is 30.1 Å². The van der Waals surface area contributed by atoms with Gasteiger partial charge in [-0.15, -0.1) is 0 Å². The molecule has 1 fully saturated rings. The number of esters is 1. The first-order valence-corrected chi connectivity index (χ1v) is 18.1. The molecule has 2 aromatic heterocycles. The summed E-state index contributed by atoms with van der Waals surface area (Å²) < 4.78 is 41.8. The number of piperidine rings is 1. The predicted molar refractivity (Wildman–Crippen MR) is 201 cm³/mol. The molecule has 0 amide bonds. The zero-order valence-corrected chi connectivity index (χ0v) is 31.4. The molecule has 0 radical (unpaired) electrons. The van der Waals surface area contributed by atoms with Crippen molar-refractivity contribution in [2.45, 2.75) is 104 Å². The van der Waals surface area contributed by atoms with Crippen LogP contribution in [0.1, 0.15) is 96.4 Å². The number of methoxy groups -OCH3 is 1. The molecule has 5 heterocycles. The minimum atomic E-state index is -0.995. The van der Waals surface area contributed by atoms with Gasteiger partial charge in [-0.1, -0.05) is 24.8 Å². The van der Waals surface area contributed by atoms with Crippen molar-refractivity contribution in [3.8, 4) is 28.1 Å². The normalized spacial score (nSPS) is 20.5. The highest BCUT2D eigenvalue weighted by molar-refractivity contribution is 5.87. The zero-order valence-electron chi connectivity index (χ0n) is 31.4. The number of anilines is 1. The van der Waals surface area contributed by atoms with Crippen molar-refractivity contribution in [3.63, 3.8) is 0 Å². The molecular weight excluding hydrogens is 645 g/mol. The molecule has 0 unspecified atom stereocenters. The fourth-order valence-corrected chi connectivity index (χ4v) is 7.43. The Morgan fingerprint density at radius 2 is 1.84 bits per heavy atom. The molecule has 1 saturated heterocycles. The number of carbonyl (C=O) groups is 1. The average Bonchev–Trinajstić information content (AvgIpc) is 3.51. The van der Waals surface area contributed by atoms with Crippen LogP contribution < -0.4 is 9.64 Å². The number of halogens is 1. The van der Waals surface area contributed by atoms with E-state index in [9.17, 15) is 9.18 Å². The lowest BCUT2D eigenvalue weighted by atomic mass is 9.91. The summed E-state index contributed by atoms with van der Waals surface area (Å²) in [5.41, 5.74) is 6.19. The van der Waals surface area contributed by atoms with Crippen molar-refractivity contribution in [3.05, 3.63) is 77.7 Å². The summed E-state index contributed by atoms with van der Waals surface area (Å²) in [7, 11) is 1.40. The number of hydrogen-bond donors (Lipinski definition) is 0. The molecule has 0 spiro atoms. The largest absolute Gasteiger partial charge is 0.490 e. The van der Waals surface area contributed by atoms with Gasteiger partial charge in [-0.3, -0.25) is 4.40 Å². The van der Waals surface area contributed by atoms with Crippen LogP contribution >= 0.6 is 0 Å². The number of hydrogen-bond acceptors (Lipinski definition) is 7. The number of allylic oxidation sites excluding steroid dienone is 1. The number of rotatable bonds is 4. The van der Waals surface area contributed by atoms with Crippen LogP contribution in [0.15, 0.2) is 55.2 Å². The predicted octanol–water partition coefficient (Wildman–Crippen LogP) is 9.50. The molecule has 272 valence electrons. The SMILES string of the molecule is C=C(C)c1c(C)c([C@H](OC(C)(C)C)C(=O)OC)c2n3cc(nc13)-c1cccc(c1)-c1cc(F)ccc1O[C@@H](C)CCCCOC1(C)CCN2CC1. The first-order chi connectivity index (χ1) is 24.2. The van der Waals surface area contributed by atoms with Crippen molar-refractivity contribution in [2.24, 2.45) is 0 Å². The fourth-order valence-electron chi connectivity index (χ4n) is 7.43. The number of imidazole rings is 1. The molecule has 0 aliphatic carbocycles. The van der Waals surface area contributed by atoms with Gasteiger partial charge in [-0.25, -0.2) is 14.2 Å². The quantitative estimate of drug-likeness (QED) is 0.197. The Labute approximate surface area is 301 Å². The summed E-state index contributed by atoms with van der Waals surface area (Å²) in [6.07, 6.45) is 5.34.